The molecule has 0 aliphatic carbocycles. The number of hydrogen-bond acceptors (Lipinski definition) is 4. The summed E-state index contributed by atoms with van der Waals surface area (Å²) in [5, 5.41) is 8.99. The first-order chi connectivity index (χ1) is 8.20. The molecule has 1 aromatic heterocycles. The fourth-order valence-electron chi connectivity index (χ4n) is 2.19. The van der Waals surface area contributed by atoms with Crippen molar-refractivity contribution in [2.45, 2.75) is 25.3 Å². The van der Waals surface area contributed by atoms with E-state index in [9.17, 15) is 4.79 Å². The maximum atomic E-state index is 11.0. The van der Waals surface area contributed by atoms with E-state index in [0.29, 0.717) is 5.56 Å². The Morgan fingerprint density at radius 1 is 1.41 bits per heavy atom. The van der Waals surface area contributed by atoms with Crippen molar-refractivity contribution in [3.8, 4) is 0 Å². The van der Waals surface area contributed by atoms with Gasteiger partial charge in [0.1, 0.15) is 6.04 Å². The topological polar surface area (TPSA) is 79.5 Å². The van der Waals surface area contributed by atoms with Crippen LogP contribution in [0.15, 0.2) is 18.5 Å². The number of piperidine rings is 1. The van der Waals surface area contributed by atoms with Crippen molar-refractivity contribution >= 4 is 11.7 Å². The monoisotopic (exact) mass is 235 g/mol. The van der Waals surface area contributed by atoms with Crippen molar-refractivity contribution < 1.29 is 9.90 Å². The van der Waals surface area contributed by atoms with Crippen molar-refractivity contribution in [2.24, 2.45) is 5.73 Å². The van der Waals surface area contributed by atoms with Gasteiger partial charge in [-0.1, -0.05) is 0 Å². The van der Waals surface area contributed by atoms with Crippen molar-refractivity contribution in [3.63, 3.8) is 0 Å². The largest absolute Gasteiger partial charge is 0.480 e. The first-order valence-corrected chi connectivity index (χ1v) is 5.87. The summed E-state index contributed by atoms with van der Waals surface area (Å²) >= 11 is 0. The molecule has 5 nitrogen and oxygen atoms in total. The molecule has 2 rings (SSSR count). The molecule has 17 heavy (non-hydrogen) atoms. The Morgan fingerprint density at radius 2 is 2.12 bits per heavy atom. The number of aromatic nitrogens is 1. The van der Waals surface area contributed by atoms with Crippen molar-refractivity contribution in [1.82, 2.24) is 4.98 Å². The van der Waals surface area contributed by atoms with Crippen LogP contribution in [0.1, 0.15) is 30.9 Å². The lowest BCUT2D eigenvalue weighted by Gasteiger charge is -2.31. The lowest BCUT2D eigenvalue weighted by atomic mass is 10.0. The predicted octanol–water partition coefficient (Wildman–Crippen LogP) is 1.16. The van der Waals surface area contributed by atoms with Gasteiger partial charge in [0.05, 0.1) is 0 Å². The highest BCUT2D eigenvalue weighted by molar-refractivity contribution is 5.78. The second kappa shape index (κ2) is 5.14. The molecule has 0 aromatic carbocycles. The van der Waals surface area contributed by atoms with E-state index in [1.807, 2.05) is 6.07 Å². The van der Waals surface area contributed by atoms with E-state index in [0.717, 1.165) is 31.6 Å². The Labute approximate surface area is 100 Å². The number of anilines is 1. The summed E-state index contributed by atoms with van der Waals surface area (Å²) in [6.07, 6.45) is 6.76. The Balaban J connectivity index is 2.29. The number of carboxylic acid groups (broad SMARTS) is 1. The van der Waals surface area contributed by atoms with Crippen LogP contribution < -0.4 is 10.6 Å². The van der Waals surface area contributed by atoms with Crippen LogP contribution >= 0.6 is 0 Å². The Morgan fingerprint density at radius 3 is 2.76 bits per heavy atom. The molecule has 0 bridgehead atoms. The summed E-state index contributed by atoms with van der Waals surface area (Å²) in [5.74, 6) is -1.02. The third kappa shape index (κ3) is 2.55. The Bertz CT molecular complexity index is 402. The fourth-order valence-corrected chi connectivity index (χ4v) is 2.19. The van der Waals surface area contributed by atoms with Crippen LogP contribution in [0.4, 0.5) is 5.69 Å². The molecule has 1 atom stereocenters. The number of nitrogens with two attached hydrogens (primary N) is 1. The number of pyridine rings is 1. The third-order valence-corrected chi connectivity index (χ3v) is 3.13. The highest BCUT2D eigenvalue weighted by Crippen LogP contribution is 2.26. The van der Waals surface area contributed by atoms with Gasteiger partial charge in [-0.2, -0.15) is 0 Å². The highest BCUT2D eigenvalue weighted by atomic mass is 16.4. The highest BCUT2D eigenvalue weighted by Gasteiger charge is 2.22. The van der Waals surface area contributed by atoms with Crippen molar-refractivity contribution in [2.75, 3.05) is 18.0 Å². The molecule has 3 N–H and O–H groups in total. The number of carbonyl (C=O) groups is 1. The second-order valence-electron chi connectivity index (χ2n) is 4.30. The normalized spacial score (nSPS) is 17.8. The summed E-state index contributed by atoms with van der Waals surface area (Å²) in [6.45, 7) is 1.92. The molecule has 0 spiro atoms. The first-order valence-electron chi connectivity index (χ1n) is 5.87. The van der Waals surface area contributed by atoms with Gasteiger partial charge in [0.2, 0.25) is 0 Å². The molecule has 1 aliphatic rings. The quantitative estimate of drug-likeness (QED) is 0.821. The van der Waals surface area contributed by atoms with E-state index in [-0.39, 0.29) is 0 Å². The first kappa shape index (κ1) is 11.9. The van der Waals surface area contributed by atoms with Crippen LogP contribution in [0.5, 0.6) is 0 Å². The molecule has 1 aliphatic heterocycles. The SMILES string of the molecule is NC(C(=O)O)c1cnccc1N1CCCCC1. The molecule has 1 aromatic rings. The van der Waals surface area contributed by atoms with Crippen LogP contribution in [0.25, 0.3) is 0 Å². The molecule has 5 heteroatoms. The summed E-state index contributed by atoms with van der Waals surface area (Å²) in [5.41, 5.74) is 7.19. The molecular formula is C12H17N3O2. The zero-order valence-electron chi connectivity index (χ0n) is 9.67. The fraction of sp³-hybridized carbons (Fsp3) is 0.500. The lowest BCUT2D eigenvalue weighted by molar-refractivity contribution is -0.138. The minimum atomic E-state index is -1.02. The van der Waals surface area contributed by atoms with Gasteiger partial charge in [-0.25, -0.2) is 0 Å². The van der Waals surface area contributed by atoms with Gasteiger partial charge >= 0.3 is 5.97 Å². The van der Waals surface area contributed by atoms with Gasteiger partial charge in [0.15, 0.2) is 0 Å². The average Bonchev–Trinajstić information content (AvgIpc) is 2.39. The van der Waals surface area contributed by atoms with Crippen molar-refractivity contribution in [1.29, 1.82) is 0 Å². The van der Waals surface area contributed by atoms with E-state index in [2.05, 4.69) is 9.88 Å². The molecule has 92 valence electrons. The van der Waals surface area contributed by atoms with Gasteiger partial charge < -0.3 is 15.7 Å². The van der Waals surface area contributed by atoms with Crippen LogP contribution in [-0.2, 0) is 4.79 Å². The zero-order valence-corrected chi connectivity index (χ0v) is 9.67. The molecular weight excluding hydrogens is 218 g/mol. The van der Waals surface area contributed by atoms with E-state index < -0.39 is 12.0 Å². The smallest absolute Gasteiger partial charge is 0.325 e. The molecule has 1 fully saturated rings. The van der Waals surface area contributed by atoms with Gasteiger partial charge in [-0.3, -0.25) is 9.78 Å². The Kier molecular flexibility index (Phi) is 3.58. The molecule has 0 amide bonds. The minimum Gasteiger partial charge on any atom is -0.480 e. The zero-order chi connectivity index (χ0) is 12.3. The molecule has 2 heterocycles. The second-order valence-corrected chi connectivity index (χ2v) is 4.30. The summed E-state index contributed by atoms with van der Waals surface area (Å²) in [4.78, 5) is 17.1. The van der Waals surface area contributed by atoms with E-state index in [1.165, 1.54) is 6.42 Å². The van der Waals surface area contributed by atoms with Crippen LogP contribution in [-0.4, -0.2) is 29.1 Å². The van der Waals surface area contributed by atoms with E-state index >= 15 is 0 Å². The average molecular weight is 235 g/mol. The van der Waals surface area contributed by atoms with Crippen LogP contribution in [0.3, 0.4) is 0 Å². The maximum absolute atomic E-state index is 11.0. The molecule has 1 unspecified atom stereocenters. The van der Waals surface area contributed by atoms with E-state index in [4.69, 9.17) is 10.8 Å². The summed E-state index contributed by atoms with van der Waals surface area (Å²) in [7, 11) is 0. The van der Waals surface area contributed by atoms with Crippen LogP contribution in [0, 0.1) is 0 Å². The predicted molar refractivity (Wildman–Crippen MR) is 64.9 cm³/mol. The molecule has 0 saturated carbocycles. The van der Waals surface area contributed by atoms with Gasteiger partial charge in [0, 0.05) is 36.7 Å². The molecule has 1 saturated heterocycles. The van der Waals surface area contributed by atoms with E-state index in [1.54, 1.807) is 12.4 Å². The molecule has 0 radical (unpaired) electrons. The number of aliphatic carboxylic acids is 1. The van der Waals surface area contributed by atoms with Gasteiger partial charge in [-0.05, 0) is 25.3 Å². The summed E-state index contributed by atoms with van der Waals surface area (Å²) in [6, 6.07) is 0.851. The third-order valence-electron chi connectivity index (χ3n) is 3.13. The van der Waals surface area contributed by atoms with Crippen LogP contribution in [0.2, 0.25) is 0 Å². The van der Waals surface area contributed by atoms with Crippen molar-refractivity contribution in [3.05, 3.63) is 24.0 Å². The lowest BCUT2D eigenvalue weighted by Crippen LogP contribution is -2.32. The number of rotatable bonds is 3. The number of hydrogen-bond donors (Lipinski definition) is 2. The van der Waals surface area contributed by atoms with Gasteiger partial charge in [-0.15, -0.1) is 0 Å². The standard InChI is InChI=1S/C12H17N3O2/c13-11(12(16)17)9-8-14-5-4-10(9)15-6-2-1-3-7-15/h4-5,8,11H,1-3,6-7,13H2,(H,16,17). The summed E-state index contributed by atoms with van der Waals surface area (Å²) < 4.78 is 0. The number of nitrogens with zero attached hydrogens (tertiary/aromatic N) is 2. The maximum Gasteiger partial charge on any atom is 0.325 e. The minimum absolute atomic E-state index is 0.599. The van der Waals surface area contributed by atoms with Gasteiger partial charge in [0.25, 0.3) is 0 Å². The Hall–Kier alpha value is -1.62. The number of carboxylic acids is 1.